The van der Waals surface area contributed by atoms with Crippen molar-refractivity contribution in [3.8, 4) is 0 Å². The van der Waals surface area contributed by atoms with E-state index < -0.39 is 12.5 Å². The zero-order valence-electron chi connectivity index (χ0n) is 6.94. The molecule has 3 heteroatoms. The van der Waals surface area contributed by atoms with Gasteiger partial charge in [0.1, 0.15) is 12.5 Å². The lowest BCUT2D eigenvalue weighted by Gasteiger charge is -2.14. The van der Waals surface area contributed by atoms with Crippen LogP contribution in [0.25, 0.3) is 0 Å². The number of benzene rings is 1. The molecule has 0 saturated carbocycles. The van der Waals surface area contributed by atoms with Gasteiger partial charge >= 0.3 is 0 Å². The molecule has 0 aromatic heterocycles. The fourth-order valence-electron chi connectivity index (χ4n) is 0.960. The summed E-state index contributed by atoms with van der Waals surface area (Å²) in [5.74, 6) is 0. The minimum absolute atomic E-state index is 0.708. The van der Waals surface area contributed by atoms with Crippen molar-refractivity contribution < 1.29 is 10.2 Å². The molecule has 0 heterocycles. The Morgan fingerprint density at radius 3 is 2.25 bits per heavy atom. The van der Waals surface area contributed by atoms with Gasteiger partial charge in [0.05, 0.1) is 0 Å². The van der Waals surface area contributed by atoms with Crippen LogP contribution < -0.4 is 5.32 Å². The van der Waals surface area contributed by atoms with Crippen molar-refractivity contribution in [1.82, 2.24) is 5.32 Å². The minimum atomic E-state index is -0.800. The first-order chi connectivity index (χ1) is 5.70. The van der Waals surface area contributed by atoms with E-state index in [1.54, 1.807) is 19.1 Å². The molecule has 0 bridgehead atoms. The Balaban J connectivity index is 2.59. The summed E-state index contributed by atoms with van der Waals surface area (Å²) in [5, 5.41) is 20.9. The van der Waals surface area contributed by atoms with E-state index in [0.717, 1.165) is 5.56 Å². The summed E-state index contributed by atoms with van der Waals surface area (Å²) in [6.07, 6.45) is -1.51. The molecule has 0 spiro atoms. The maximum Gasteiger partial charge on any atom is 0.133 e. The zero-order valence-corrected chi connectivity index (χ0v) is 6.94. The Morgan fingerprint density at radius 1 is 1.17 bits per heavy atom. The summed E-state index contributed by atoms with van der Waals surface area (Å²) in [6.45, 7) is 1.56. The second-order valence-electron chi connectivity index (χ2n) is 2.66. The van der Waals surface area contributed by atoms with Crippen LogP contribution in [0.15, 0.2) is 30.3 Å². The predicted molar refractivity (Wildman–Crippen MR) is 46.2 cm³/mol. The van der Waals surface area contributed by atoms with Crippen molar-refractivity contribution in [1.29, 1.82) is 0 Å². The molecule has 0 amide bonds. The molecular formula is C9H13NO2. The molecule has 12 heavy (non-hydrogen) atoms. The van der Waals surface area contributed by atoms with Crippen molar-refractivity contribution in [3.05, 3.63) is 35.9 Å². The minimum Gasteiger partial charge on any atom is -0.379 e. The van der Waals surface area contributed by atoms with Crippen LogP contribution >= 0.6 is 0 Å². The lowest BCUT2D eigenvalue weighted by Crippen LogP contribution is -2.29. The number of aliphatic hydroxyl groups excluding tert-OH is 2. The van der Waals surface area contributed by atoms with Gasteiger partial charge in [-0.3, -0.25) is 5.32 Å². The molecule has 1 rings (SSSR count). The summed E-state index contributed by atoms with van der Waals surface area (Å²) in [4.78, 5) is 0. The summed E-state index contributed by atoms with van der Waals surface area (Å²) in [6, 6.07) is 9.13. The fourth-order valence-corrected chi connectivity index (χ4v) is 0.960. The van der Waals surface area contributed by atoms with Crippen LogP contribution in [0, 0.1) is 0 Å². The van der Waals surface area contributed by atoms with E-state index in [0.29, 0.717) is 0 Å². The molecule has 1 aromatic carbocycles. The van der Waals surface area contributed by atoms with Crippen molar-refractivity contribution in [2.24, 2.45) is 0 Å². The summed E-state index contributed by atoms with van der Waals surface area (Å²) in [5.41, 5.74) is 0.749. The molecule has 2 atom stereocenters. The second-order valence-corrected chi connectivity index (χ2v) is 2.66. The number of nitrogens with one attached hydrogen (secondary N) is 1. The molecule has 0 aliphatic heterocycles. The number of rotatable bonds is 3. The summed E-state index contributed by atoms with van der Waals surface area (Å²) in [7, 11) is 0. The topological polar surface area (TPSA) is 52.5 Å². The van der Waals surface area contributed by atoms with Crippen LogP contribution in [-0.2, 0) is 0 Å². The molecule has 0 aliphatic rings. The molecule has 3 nitrogen and oxygen atoms in total. The lowest BCUT2D eigenvalue weighted by atomic mass is 10.2. The highest BCUT2D eigenvalue weighted by atomic mass is 16.3. The highest BCUT2D eigenvalue weighted by Gasteiger charge is 2.06. The van der Waals surface area contributed by atoms with Crippen molar-refractivity contribution in [2.45, 2.75) is 19.4 Å². The maximum absolute atomic E-state index is 9.42. The fraction of sp³-hybridized carbons (Fsp3) is 0.333. The Labute approximate surface area is 71.7 Å². The molecule has 0 saturated heterocycles. The van der Waals surface area contributed by atoms with E-state index in [-0.39, 0.29) is 0 Å². The molecule has 66 valence electrons. The van der Waals surface area contributed by atoms with E-state index in [2.05, 4.69) is 5.32 Å². The van der Waals surface area contributed by atoms with Crippen LogP contribution in [-0.4, -0.2) is 16.4 Å². The quantitative estimate of drug-likeness (QED) is 0.578. The van der Waals surface area contributed by atoms with Gasteiger partial charge in [0.2, 0.25) is 0 Å². The largest absolute Gasteiger partial charge is 0.379 e. The van der Waals surface area contributed by atoms with Crippen LogP contribution in [0.3, 0.4) is 0 Å². The van der Waals surface area contributed by atoms with E-state index >= 15 is 0 Å². The van der Waals surface area contributed by atoms with Crippen LogP contribution in [0.1, 0.15) is 18.7 Å². The van der Waals surface area contributed by atoms with Crippen molar-refractivity contribution in [3.63, 3.8) is 0 Å². The Bertz CT molecular complexity index is 223. The molecule has 0 aliphatic carbocycles. The number of hydrogen-bond donors (Lipinski definition) is 3. The van der Waals surface area contributed by atoms with Gasteiger partial charge in [0.25, 0.3) is 0 Å². The number of aliphatic hydroxyl groups is 2. The predicted octanol–water partition coefficient (Wildman–Crippen LogP) is 0.605. The van der Waals surface area contributed by atoms with Gasteiger partial charge in [-0.2, -0.15) is 0 Å². The van der Waals surface area contributed by atoms with Crippen LogP contribution in [0.5, 0.6) is 0 Å². The van der Waals surface area contributed by atoms with Gasteiger partial charge in [0, 0.05) is 0 Å². The first-order valence-electron chi connectivity index (χ1n) is 3.87. The normalized spacial score (nSPS) is 15.6. The number of hydrogen-bond acceptors (Lipinski definition) is 3. The second kappa shape index (κ2) is 4.21. The monoisotopic (exact) mass is 167 g/mol. The SMILES string of the molecule is CC(O)NC(O)c1ccccc1. The average molecular weight is 167 g/mol. The third-order valence-electron chi connectivity index (χ3n) is 1.51. The highest BCUT2D eigenvalue weighted by molar-refractivity contribution is 5.16. The Morgan fingerprint density at radius 2 is 1.75 bits per heavy atom. The lowest BCUT2D eigenvalue weighted by molar-refractivity contribution is 0.0518. The standard InChI is InChI=1S/C9H13NO2/c1-7(11)10-9(12)8-5-3-2-4-6-8/h2-7,9-12H,1H3. The summed E-state index contributed by atoms with van der Waals surface area (Å²) < 4.78 is 0. The molecule has 3 N–H and O–H groups in total. The molecular weight excluding hydrogens is 154 g/mol. The van der Waals surface area contributed by atoms with Gasteiger partial charge in [-0.1, -0.05) is 30.3 Å². The van der Waals surface area contributed by atoms with Gasteiger partial charge in [-0.15, -0.1) is 0 Å². The van der Waals surface area contributed by atoms with Crippen LogP contribution in [0.2, 0.25) is 0 Å². The highest BCUT2D eigenvalue weighted by Crippen LogP contribution is 2.08. The van der Waals surface area contributed by atoms with Crippen molar-refractivity contribution >= 4 is 0 Å². The first-order valence-corrected chi connectivity index (χ1v) is 3.87. The Hall–Kier alpha value is -0.900. The van der Waals surface area contributed by atoms with Gasteiger partial charge in [-0.05, 0) is 12.5 Å². The third-order valence-corrected chi connectivity index (χ3v) is 1.51. The van der Waals surface area contributed by atoms with E-state index in [9.17, 15) is 5.11 Å². The van der Waals surface area contributed by atoms with Gasteiger partial charge < -0.3 is 10.2 Å². The van der Waals surface area contributed by atoms with Crippen molar-refractivity contribution in [2.75, 3.05) is 0 Å². The first kappa shape index (κ1) is 9.19. The molecule has 0 fully saturated rings. The Kier molecular flexibility index (Phi) is 3.22. The van der Waals surface area contributed by atoms with Crippen LogP contribution in [0.4, 0.5) is 0 Å². The maximum atomic E-state index is 9.42. The smallest absolute Gasteiger partial charge is 0.133 e. The molecule has 2 unspecified atom stereocenters. The molecule has 0 radical (unpaired) electrons. The van der Waals surface area contributed by atoms with E-state index in [1.165, 1.54) is 0 Å². The summed E-state index contributed by atoms with van der Waals surface area (Å²) >= 11 is 0. The van der Waals surface area contributed by atoms with E-state index in [4.69, 9.17) is 5.11 Å². The van der Waals surface area contributed by atoms with Gasteiger partial charge in [0.15, 0.2) is 0 Å². The van der Waals surface area contributed by atoms with E-state index in [1.807, 2.05) is 18.2 Å². The third kappa shape index (κ3) is 2.62. The van der Waals surface area contributed by atoms with Gasteiger partial charge in [-0.25, -0.2) is 0 Å². The molecule has 1 aromatic rings. The zero-order chi connectivity index (χ0) is 8.97. The average Bonchev–Trinajstić information content (AvgIpc) is 2.05.